The van der Waals surface area contributed by atoms with Gasteiger partial charge in [-0.2, -0.15) is 0 Å². The predicted octanol–water partition coefficient (Wildman–Crippen LogP) is 6.35. The van der Waals surface area contributed by atoms with Crippen LogP contribution < -0.4 is 0 Å². The second-order valence-electron chi connectivity index (χ2n) is 9.93. The quantitative estimate of drug-likeness (QED) is 0.569. The molecule has 0 bridgehead atoms. The van der Waals surface area contributed by atoms with E-state index in [0.717, 1.165) is 36.0 Å². The van der Waals surface area contributed by atoms with Crippen LogP contribution in [0, 0.1) is 16.2 Å². The van der Waals surface area contributed by atoms with Gasteiger partial charge >= 0.3 is 5.97 Å². The summed E-state index contributed by atoms with van der Waals surface area (Å²) in [6.45, 7) is 18.9. The SMILES string of the molecule is C=CC1=C(C=C)C(OC(=O)C2(CC(C)(C)C)CC2(C)C)c2ccccc2C1. The summed E-state index contributed by atoms with van der Waals surface area (Å²) in [6.07, 6.45) is 5.79. The molecule has 1 aromatic rings. The van der Waals surface area contributed by atoms with Crippen molar-refractivity contribution in [2.45, 2.75) is 60.0 Å². The molecule has 0 heterocycles. The Hall–Kier alpha value is -2.09. The number of ether oxygens (including phenoxy) is 1. The van der Waals surface area contributed by atoms with Crippen molar-refractivity contribution >= 4 is 5.97 Å². The van der Waals surface area contributed by atoms with Crippen LogP contribution >= 0.6 is 0 Å². The minimum Gasteiger partial charge on any atom is -0.452 e. The smallest absolute Gasteiger partial charge is 0.313 e. The van der Waals surface area contributed by atoms with E-state index < -0.39 is 11.5 Å². The van der Waals surface area contributed by atoms with Crippen LogP contribution in [0.25, 0.3) is 0 Å². The number of carbonyl (C=O) groups is 1. The van der Waals surface area contributed by atoms with E-state index in [4.69, 9.17) is 4.74 Å². The minimum absolute atomic E-state index is 0.0229. The van der Waals surface area contributed by atoms with Gasteiger partial charge in [-0.15, -0.1) is 0 Å². The molecule has 0 spiro atoms. The number of rotatable bonds is 5. The lowest BCUT2D eigenvalue weighted by Gasteiger charge is -2.32. The predicted molar refractivity (Wildman–Crippen MR) is 111 cm³/mol. The van der Waals surface area contributed by atoms with Gasteiger partial charge in [-0.25, -0.2) is 0 Å². The monoisotopic (exact) mass is 364 g/mol. The summed E-state index contributed by atoms with van der Waals surface area (Å²) < 4.78 is 6.25. The molecule has 2 aliphatic carbocycles. The van der Waals surface area contributed by atoms with Gasteiger partial charge in [-0.3, -0.25) is 4.79 Å². The summed E-state index contributed by atoms with van der Waals surface area (Å²) in [5.74, 6) is -0.0770. The van der Waals surface area contributed by atoms with Gasteiger partial charge < -0.3 is 4.74 Å². The Morgan fingerprint density at radius 1 is 1.22 bits per heavy atom. The van der Waals surface area contributed by atoms with E-state index >= 15 is 0 Å². The third-order valence-electron chi connectivity index (χ3n) is 6.20. The molecule has 0 amide bonds. The van der Waals surface area contributed by atoms with E-state index in [1.54, 1.807) is 0 Å². The highest BCUT2D eigenvalue weighted by Crippen LogP contribution is 2.68. The number of benzene rings is 1. The van der Waals surface area contributed by atoms with Crippen molar-refractivity contribution in [3.63, 3.8) is 0 Å². The second kappa shape index (κ2) is 6.51. The molecule has 0 radical (unpaired) electrons. The van der Waals surface area contributed by atoms with Gasteiger partial charge in [0.05, 0.1) is 5.41 Å². The maximum absolute atomic E-state index is 13.5. The van der Waals surface area contributed by atoms with E-state index in [1.165, 1.54) is 5.56 Å². The first-order valence-corrected chi connectivity index (χ1v) is 9.81. The Labute approximate surface area is 164 Å². The normalized spacial score (nSPS) is 26.2. The summed E-state index contributed by atoms with van der Waals surface area (Å²) >= 11 is 0. The third kappa shape index (κ3) is 3.42. The maximum atomic E-state index is 13.5. The molecule has 1 aromatic carbocycles. The highest BCUT2D eigenvalue weighted by molar-refractivity contribution is 5.82. The molecule has 2 heteroatoms. The van der Waals surface area contributed by atoms with E-state index in [2.05, 4.69) is 59.9 Å². The van der Waals surface area contributed by atoms with Gasteiger partial charge in [-0.05, 0) is 46.8 Å². The number of carbonyl (C=O) groups excluding carboxylic acids is 1. The molecular weight excluding hydrogens is 332 g/mol. The fourth-order valence-corrected chi connectivity index (χ4v) is 4.71. The van der Waals surface area contributed by atoms with Crippen LogP contribution in [0.4, 0.5) is 0 Å². The fraction of sp³-hybridized carbons (Fsp3) is 0.480. The van der Waals surface area contributed by atoms with Gasteiger partial charge in [-0.1, -0.05) is 84.2 Å². The van der Waals surface area contributed by atoms with Gasteiger partial charge in [0.25, 0.3) is 0 Å². The lowest BCUT2D eigenvalue weighted by atomic mass is 9.78. The molecule has 2 nitrogen and oxygen atoms in total. The number of hydrogen-bond donors (Lipinski definition) is 0. The summed E-state index contributed by atoms with van der Waals surface area (Å²) in [4.78, 5) is 13.5. The summed E-state index contributed by atoms with van der Waals surface area (Å²) in [5, 5.41) is 0. The molecule has 27 heavy (non-hydrogen) atoms. The van der Waals surface area contributed by atoms with Crippen molar-refractivity contribution in [2.24, 2.45) is 16.2 Å². The molecule has 144 valence electrons. The first-order valence-electron chi connectivity index (χ1n) is 9.81. The Bertz CT molecular complexity index is 819. The standard InChI is InChI=1S/C25H32O2/c1-8-17-14-18-12-10-11-13-20(18)21(19(17)9-2)27-22(26)25(15-23(3,4)5)16-24(25,6)7/h8-13,21H,1-2,14-16H2,3-7H3. The van der Waals surface area contributed by atoms with Gasteiger partial charge in [0.1, 0.15) is 0 Å². The average molecular weight is 365 g/mol. The van der Waals surface area contributed by atoms with Crippen LogP contribution in [0.5, 0.6) is 0 Å². The fourth-order valence-electron chi connectivity index (χ4n) is 4.71. The third-order valence-corrected chi connectivity index (χ3v) is 6.20. The molecule has 1 fully saturated rings. The molecule has 0 aromatic heterocycles. The molecule has 0 saturated heterocycles. The zero-order valence-corrected chi connectivity index (χ0v) is 17.4. The van der Waals surface area contributed by atoms with Crippen molar-refractivity contribution in [1.29, 1.82) is 0 Å². The topological polar surface area (TPSA) is 26.3 Å². The van der Waals surface area contributed by atoms with Crippen LogP contribution in [-0.4, -0.2) is 5.97 Å². The Kier molecular flexibility index (Phi) is 4.74. The number of fused-ring (bicyclic) bond motifs is 1. The Morgan fingerprint density at radius 3 is 2.37 bits per heavy atom. The second-order valence-corrected chi connectivity index (χ2v) is 9.93. The van der Waals surface area contributed by atoms with Gasteiger partial charge in [0.15, 0.2) is 6.10 Å². The summed E-state index contributed by atoms with van der Waals surface area (Å²) in [7, 11) is 0. The van der Waals surface area contributed by atoms with Crippen LogP contribution in [0.15, 0.2) is 60.7 Å². The van der Waals surface area contributed by atoms with Crippen molar-refractivity contribution in [3.8, 4) is 0 Å². The van der Waals surface area contributed by atoms with E-state index in [9.17, 15) is 4.79 Å². The van der Waals surface area contributed by atoms with Gasteiger partial charge in [0, 0.05) is 5.56 Å². The molecular formula is C25H32O2. The van der Waals surface area contributed by atoms with E-state index in [0.29, 0.717) is 0 Å². The first kappa shape index (κ1) is 19.7. The Morgan fingerprint density at radius 2 is 1.85 bits per heavy atom. The van der Waals surface area contributed by atoms with Crippen molar-refractivity contribution in [2.75, 3.05) is 0 Å². The lowest BCUT2D eigenvalue weighted by molar-refractivity contribution is -0.157. The van der Waals surface area contributed by atoms with Crippen molar-refractivity contribution in [3.05, 3.63) is 71.8 Å². The van der Waals surface area contributed by atoms with E-state index in [1.807, 2.05) is 24.3 Å². The molecule has 2 atom stereocenters. The number of allylic oxidation sites excluding steroid dienone is 2. The van der Waals surface area contributed by atoms with Crippen LogP contribution in [0.2, 0.25) is 0 Å². The summed E-state index contributed by atoms with van der Waals surface area (Å²) in [6, 6.07) is 8.20. The van der Waals surface area contributed by atoms with Crippen molar-refractivity contribution < 1.29 is 9.53 Å². The molecule has 2 unspecified atom stereocenters. The lowest BCUT2D eigenvalue weighted by Crippen LogP contribution is -2.31. The molecule has 0 aliphatic heterocycles. The van der Waals surface area contributed by atoms with E-state index in [-0.39, 0.29) is 16.8 Å². The number of hydrogen-bond acceptors (Lipinski definition) is 2. The molecule has 2 aliphatic rings. The first-order chi connectivity index (χ1) is 12.5. The van der Waals surface area contributed by atoms with Crippen LogP contribution in [0.3, 0.4) is 0 Å². The Balaban J connectivity index is 1.98. The van der Waals surface area contributed by atoms with Crippen molar-refractivity contribution in [1.82, 2.24) is 0 Å². The highest BCUT2D eigenvalue weighted by Gasteiger charge is 2.68. The summed E-state index contributed by atoms with van der Waals surface area (Å²) in [5.41, 5.74) is 3.94. The highest BCUT2D eigenvalue weighted by atomic mass is 16.5. The van der Waals surface area contributed by atoms with Crippen LogP contribution in [-0.2, 0) is 16.0 Å². The maximum Gasteiger partial charge on any atom is 0.313 e. The molecule has 1 saturated carbocycles. The van der Waals surface area contributed by atoms with Gasteiger partial charge in [0.2, 0.25) is 0 Å². The largest absolute Gasteiger partial charge is 0.452 e. The number of esters is 1. The minimum atomic E-state index is -0.405. The molecule has 3 rings (SSSR count). The molecule has 0 N–H and O–H groups in total. The zero-order chi connectivity index (χ0) is 20.0. The zero-order valence-electron chi connectivity index (χ0n) is 17.4. The van der Waals surface area contributed by atoms with Crippen LogP contribution in [0.1, 0.15) is 64.7 Å². The average Bonchev–Trinajstić information content (AvgIpc) is 3.13.